The fourth-order valence-electron chi connectivity index (χ4n) is 2.28. The van der Waals surface area contributed by atoms with Crippen molar-refractivity contribution in [1.82, 2.24) is 0 Å². The monoisotopic (exact) mass is 386 g/mol. The van der Waals surface area contributed by atoms with Gasteiger partial charge in [-0.3, -0.25) is 14.9 Å². The third-order valence-corrected chi connectivity index (χ3v) is 3.90. The zero-order valence-electron chi connectivity index (χ0n) is 15.8. The molecule has 8 nitrogen and oxygen atoms in total. The van der Waals surface area contributed by atoms with E-state index in [-0.39, 0.29) is 5.69 Å². The lowest BCUT2D eigenvalue weighted by Gasteiger charge is -2.09. The third kappa shape index (κ3) is 6.08. The van der Waals surface area contributed by atoms with Crippen LogP contribution in [-0.4, -0.2) is 30.0 Å². The Labute approximate surface area is 162 Å². The molecule has 0 unspecified atom stereocenters. The SMILES string of the molecule is CCCCOc1ccc(C(=O)OCC(=O)Nc2cc([N+](=O)[O-])ccc2C)cc1. The molecule has 2 rings (SSSR count). The zero-order valence-corrected chi connectivity index (χ0v) is 15.8. The number of nitrogens with zero attached hydrogens (tertiary/aromatic N) is 1. The summed E-state index contributed by atoms with van der Waals surface area (Å²) < 4.78 is 10.5. The smallest absolute Gasteiger partial charge is 0.338 e. The average Bonchev–Trinajstić information content (AvgIpc) is 2.68. The maximum atomic E-state index is 12.1. The van der Waals surface area contributed by atoms with Crippen molar-refractivity contribution in [2.24, 2.45) is 0 Å². The van der Waals surface area contributed by atoms with Gasteiger partial charge in [-0.15, -0.1) is 0 Å². The average molecular weight is 386 g/mol. The minimum Gasteiger partial charge on any atom is -0.494 e. The predicted octanol–water partition coefficient (Wildman–Crippen LogP) is 3.88. The van der Waals surface area contributed by atoms with Crippen LogP contribution in [0.2, 0.25) is 0 Å². The first kappa shape index (κ1) is 20.9. The Hall–Kier alpha value is -3.42. The van der Waals surface area contributed by atoms with Crippen LogP contribution in [0.3, 0.4) is 0 Å². The summed E-state index contributed by atoms with van der Waals surface area (Å²) in [7, 11) is 0. The number of nitro groups is 1. The summed E-state index contributed by atoms with van der Waals surface area (Å²) in [6.07, 6.45) is 1.98. The van der Waals surface area contributed by atoms with E-state index in [1.807, 2.05) is 0 Å². The Morgan fingerprint density at radius 3 is 2.50 bits per heavy atom. The van der Waals surface area contributed by atoms with Crippen LogP contribution in [0, 0.1) is 17.0 Å². The van der Waals surface area contributed by atoms with Crippen molar-refractivity contribution in [3.05, 3.63) is 63.7 Å². The van der Waals surface area contributed by atoms with Crippen LogP contribution in [0.1, 0.15) is 35.7 Å². The fraction of sp³-hybridized carbons (Fsp3) is 0.300. The number of nitrogens with one attached hydrogen (secondary N) is 1. The molecule has 0 aliphatic carbocycles. The van der Waals surface area contributed by atoms with Crippen molar-refractivity contribution in [2.75, 3.05) is 18.5 Å². The molecule has 0 radical (unpaired) electrons. The van der Waals surface area contributed by atoms with Gasteiger partial charge in [0, 0.05) is 12.1 Å². The molecule has 2 aromatic rings. The summed E-state index contributed by atoms with van der Waals surface area (Å²) in [5.74, 6) is -0.577. The molecule has 0 aliphatic heterocycles. The first-order valence-corrected chi connectivity index (χ1v) is 8.85. The number of rotatable bonds is 9. The van der Waals surface area contributed by atoms with Crippen molar-refractivity contribution in [1.29, 1.82) is 0 Å². The summed E-state index contributed by atoms with van der Waals surface area (Å²) in [6, 6.07) is 10.6. The molecule has 8 heteroatoms. The molecule has 2 aromatic carbocycles. The van der Waals surface area contributed by atoms with E-state index in [2.05, 4.69) is 12.2 Å². The lowest BCUT2D eigenvalue weighted by atomic mass is 10.2. The number of benzene rings is 2. The van der Waals surface area contributed by atoms with Crippen LogP contribution >= 0.6 is 0 Å². The van der Waals surface area contributed by atoms with E-state index in [0.29, 0.717) is 29.2 Å². The van der Waals surface area contributed by atoms with Gasteiger partial charge in [-0.1, -0.05) is 19.4 Å². The van der Waals surface area contributed by atoms with Crippen LogP contribution in [0.4, 0.5) is 11.4 Å². The van der Waals surface area contributed by atoms with Crippen molar-refractivity contribution in [3.8, 4) is 5.75 Å². The van der Waals surface area contributed by atoms with Gasteiger partial charge in [0.15, 0.2) is 6.61 Å². The van der Waals surface area contributed by atoms with Gasteiger partial charge in [-0.25, -0.2) is 4.79 Å². The first-order chi connectivity index (χ1) is 13.4. The molecule has 0 aromatic heterocycles. The quantitative estimate of drug-likeness (QED) is 0.303. The highest BCUT2D eigenvalue weighted by Crippen LogP contribution is 2.21. The predicted molar refractivity (Wildman–Crippen MR) is 104 cm³/mol. The summed E-state index contributed by atoms with van der Waals surface area (Å²) in [5.41, 5.74) is 1.11. The van der Waals surface area contributed by atoms with E-state index >= 15 is 0 Å². The number of amides is 1. The second kappa shape index (κ2) is 10.1. The van der Waals surface area contributed by atoms with Crippen LogP contribution in [0.15, 0.2) is 42.5 Å². The Morgan fingerprint density at radius 1 is 1.14 bits per heavy atom. The number of ether oxygens (including phenoxy) is 2. The number of unbranched alkanes of at least 4 members (excludes halogenated alkanes) is 1. The minimum atomic E-state index is -0.647. The highest BCUT2D eigenvalue weighted by Gasteiger charge is 2.14. The highest BCUT2D eigenvalue weighted by molar-refractivity contribution is 5.96. The van der Waals surface area contributed by atoms with E-state index in [9.17, 15) is 19.7 Å². The molecule has 0 bridgehead atoms. The number of anilines is 1. The highest BCUT2D eigenvalue weighted by atomic mass is 16.6. The Bertz CT molecular complexity index is 848. The van der Waals surface area contributed by atoms with E-state index in [4.69, 9.17) is 9.47 Å². The lowest BCUT2D eigenvalue weighted by Crippen LogP contribution is -2.21. The van der Waals surface area contributed by atoms with E-state index in [1.54, 1.807) is 31.2 Å². The third-order valence-electron chi connectivity index (χ3n) is 3.90. The first-order valence-electron chi connectivity index (χ1n) is 8.85. The van der Waals surface area contributed by atoms with Gasteiger partial charge in [0.2, 0.25) is 0 Å². The van der Waals surface area contributed by atoms with Crippen molar-refractivity contribution in [3.63, 3.8) is 0 Å². The minimum absolute atomic E-state index is 0.140. The number of carbonyl (C=O) groups excluding carboxylic acids is 2. The number of nitro benzene ring substituents is 1. The summed E-state index contributed by atoms with van der Waals surface area (Å²) in [4.78, 5) is 34.3. The van der Waals surface area contributed by atoms with E-state index < -0.39 is 23.4 Å². The van der Waals surface area contributed by atoms with Crippen molar-refractivity contribution >= 4 is 23.3 Å². The second-order valence-electron chi connectivity index (χ2n) is 6.11. The molecule has 0 saturated heterocycles. The topological polar surface area (TPSA) is 108 Å². The number of non-ortho nitro benzene ring substituents is 1. The zero-order chi connectivity index (χ0) is 20.5. The Kier molecular flexibility index (Phi) is 7.50. The Morgan fingerprint density at radius 2 is 1.86 bits per heavy atom. The van der Waals surface area contributed by atoms with Crippen LogP contribution in [-0.2, 0) is 9.53 Å². The van der Waals surface area contributed by atoms with Crippen LogP contribution < -0.4 is 10.1 Å². The number of carbonyl (C=O) groups is 2. The summed E-state index contributed by atoms with van der Waals surface area (Å²) >= 11 is 0. The molecule has 0 atom stereocenters. The van der Waals surface area contributed by atoms with Gasteiger partial charge in [-0.2, -0.15) is 0 Å². The number of aryl methyl sites for hydroxylation is 1. The number of hydrogen-bond acceptors (Lipinski definition) is 6. The van der Waals surface area contributed by atoms with Gasteiger partial charge >= 0.3 is 5.97 Å². The van der Waals surface area contributed by atoms with Crippen molar-refractivity contribution in [2.45, 2.75) is 26.7 Å². The van der Waals surface area contributed by atoms with Crippen molar-refractivity contribution < 1.29 is 24.0 Å². The van der Waals surface area contributed by atoms with Gasteiger partial charge in [-0.05, 0) is 43.2 Å². The molecule has 0 fully saturated rings. The maximum Gasteiger partial charge on any atom is 0.338 e. The largest absolute Gasteiger partial charge is 0.494 e. The molecular weight excluding hydrogens is 364 g/mol. The molecular formula is C20H22N2O6. The maximum absolute atomic E-state index is 12.1. The summed E-state index contributed by atoms with van der Waals surface area (Å²) in [6.45, 7) is 3.88. The molecule has 0 aliphatic rings. The van der Waals surface area contributed by atoms with Crippen LogP contribution in [0.5, 0.6) is 5.75 Å². The van der Waals surface area contributed by atoms with Gasteiger partial charge in [0.25, 0.3) is 11.6 Å². The standard InChI is InChI=1S/C20H22N2O6/c1-3-4-11-27-17-9-6-15(7-10-17)20(24)28-13-19(23)21-18-12-16(22(25)26)8-5-14(18)2/h5-10,12H,3-4,11,13H2,1-2H3,(H,21,23). The Balaban J connectivity index is 1.88. The van der Waals surface area contributed by atoms with Gasteiger partial charge in [0.05, 0.1) is 22.8 Å². The molecule has 28 heavy (non-hydrogen) atoms. The van der Waals surface area contributed by atoms with E-state index in [0.717, 1.165) is 12.8 Å². The number of esters is 1. The second-order valence-corrected chi connectivity index (χ2v) is 6.11. The van der Waals surface area contributed by atoms with Gasteiger partial charge < -0.3 is 14.8 Å². The molecule has 0 heterocycles. The normalized spacial score (nSPS) is 10.2. The lowest BCUT2D eigenvalue weighted by molar-refractivity contribution is -0.384. The van der Waals surface area contributed by atoms with Crippen LogP contribution in [0.25, 0.3) is 0 Å². The molecule has 1 N–H and O–H groups in total. The molecule has 0 saturated carbocycles. The fourth-order valence-corrected chi connectivity index (χ4v) is 2.28. The molecule has 0 spiro atoms. The van der Waals surface area contributed by atoms with Gasteiger partial charge in [0.1, 0.15) is 5.75 Å². The number of hydrogen-bond donors (Lipinski definition) is 1. The van der Waals surface area contributed by atoms with E-state index in [1.165, 1.54) is 18.2 Å². The molecule has 1 amide bonds. The molecule has 148 valence electrons. The summed E-state index contributed by atoms with van der Waals surface area (Å²) in [5, 5.41) is 13.3.